The van der Waals surface area contributed by atoms with Crippen molar-refractivity contribution in [3.05, 3.63) is 34.2 Å². The van der Waals surface area contributed by atoms with Crippen molar-refractivity contribution in [2.24, 2.45) is 5.11 Å². The van der Waals surface area contributed by atoms with E-state index in [0.717, 1.165) is 6.42 Å². The molecule has 0 amide bonds. The van der Waals surface area contributed by atoms with Crippen molar-refractivity contribution >= 4 is 0 Å². The summed E-state index contributed by atoms with van der Waals surface area (Å²) in [4.78, 5) is 2.61. The fourth-order valence-electron chi connectivity index (χ4n) is 1.61. The van der Waals surface area contributed by atoms with E-state index in [4.69, 9.17) is 15.0 Å². The number of aliphatic hydroxyl groups excluding tert-OH is 1. The zero-order chi connectivity index (χ0) is 12.1. The number of hydrogen-bond acceptors (Lipinski definition) is 4. The van der Waals surface area contributed by atoms with Crippen molar-refractivity contribution in [3.8, 4) is 11.5 Å². The van der Waals surface area contributed by atoms with Crippen LogP contribution >= 0.6 is 0 Å². The van der Waals surface area contributed by atoms with E-state index < -0.39 is 6.10 Å². The molecule has 1 aliphatic rings. The van der Waals surface area contributed by atoms with Crippen molar-refractivity contribution in [1.82, 2.24) is 0 Å². The lowest BCUT2D eigenvalue weighted by molar-refractivity contribution is 0.186. The average molecular weight is 235 g/mol. The van der Waals surface area contributed by atoms with E-state index in [2.05, 4.69) is 10.0 Å². The molecule has 6 heteroatoms. The Labute approximate surface area is 98.4 Å². The zero-order valence-electron chi connectivity index (χ0n) is 9.24. The van der Waals surface area contributed by atoms with Crippen molar-refractivity contribution in [1.29, 1.82) is 0 Å². The predicted octanol–water partition coefficient (Wildman–Crippen LogP) is 2.19. The first kappa shape index (κ1) is 11.6. The highest BCUT2D eigenvalue weighted by Crippen LogP contribution is 2.32. The van der Waals surface area contributed by atoms with Crippen LogP contribution in [0, 0.1) is 0 Å². The third-order valence-electron chi connectivity index (χ3n) is 2.47. The maximum absolute atomic E-state index is 9.76. The van der Waals surface area contributed by atoms with Crippen molar-refractivity contribution in [2.75, 3.05) is 19.8 Å². The Morgan fingerprint density at radius 2 is 2.12 bits per heavy atom. The van der Waals surface area contributed by atoms with E-state index in [0.29, 0.717) is 30.3 Å². The van der Waals surface area contributed by atoms with Gasteiger partial charge in [-0.15, -0.1) is 0 Å². The third-order valence-corrected chi connectivity index (χ3v) is 2.47. The highest BCUT2D eigenvalue weighted by molar-refractivity contribution is 5.44. The van der Waals surface area contributed by atoms with Gasteiger partial charge in [-0.2, -0.15) is 0 Å². The summed E-state index contributed by atoms with van der Waals surface area (Å²) in [5.41, 5.74) is 8.85. The van der Waals surface area contributed by atoms with Gasteiger partial charge in [0.1, 0.15) is 0 Å². The van der Waals surface area contributed by atoms with Gasteiger partial charge in [-0.05, 0) is 23.2 Å². The van der Waals surface area contributed by atoms with Crippen molar-refractivity contribution < 1.29 is 14.6 Å². The molecule has 1 aromatic carbocycles. The molecule has 0 spiro atoms. The van der Waals surface area contributed by atoms with Gasteiger partial charge >= 0.3 is 0 Å². The quantitative estimate of drug-likeness (QED) is 0.494. The molecule has 0 aromatic heterocycles. The van der Waals surface area contributed by atoms with E-state index in [1.54, 1.807) is 18.2 Å². The first-order valence-corrected chi connectivity index (χ1v) is 5.39. The van der Waals surface area contributed by atoms with Crippen LogP contribution in [0.25, 0.3) is 10.4 Å². The SMILES string of the molecule is [N-]=[N+]=NCC(O)c1ccc2c(c1)OCCCO2. The molecule has 0 saturated carbocycles. The first-order chi connectivity index (χ1) is 8.31. The Bertz CT molecular complexity index is 444. The molecule has 0 radical (unpaired) electrons. The van der Waals surface area contributed by atoms with E-state index >= 15 is 0 Å². The highest BCUT2D eigenvalue weighted by atomic mass is 16.5. The summed E-state index contributed by atoms with van der Waals surface area (Å²) in [6.45, 7) is 1.24. The molecule has 2 rings (SSSR count). The largest absolute Gasteiger partial charge is 0.490 e. The van der Waals surface area contributed by atoms with E-state index in [-0.39, 0.29) is 6.54 Å². The third kappa shape index (κ3) is 2.81. The number of ether oxygens (including phenoxy) is 2. The van der Waals surface area contributed by atoms with Crippen LogP contribution in [0.1, 0.15) is 18.1 Å². The molecule has 1 heterocycles. The number of hydrogen-bond donors (Lipinski definition) is 1. The highest BCUT2D eigenvalue weighted by Gasteiger charge is 2.13. The van der Waals surface area contributed by atoms with Gasteiger partial charge in [0.25, 0.3) is 0 Å². The van der Waals surface area contributed by atoms with Crippen LogP contribution in [0.5, 0.6) is 11.5 Å². The van der Waals surface area contributed by atoms with Gasteiger partial charge in [0.05, 0.1) is 25.9 Å². The average Bonchev–Trinajstić information content (AvgIpc) is 2.60. The topological polar surface area (TPSA) is 87.5 Å². The summed E-state index contributed by atoms with van der Waals surface area (Å²) in [6, 6.07) is 5.22. The van der Waals surface area contributed by atoms with Crippen LogP contribution in [-0.2, 0) is 0 Å². The molecule has 1 atom stereocenters. The van der Waals surface area contributed by atoms with Crippen LogP contribution in [0.2, 0.25) is 0 Å². The summed E-state index contributed by atoms with van der Waals surface area (Å²) < 4.78 is 11.0. The second kappa shape index (κ2) is 5.43. The molecule has 90 valence electrons. The van der Waals surface area contributed by atoms with Gasteiger partial charge < -0.3 is 14.6 Å². The molecule has 0 aliphatic carbocycles. The van der Waals surface area contributed by atoms with Gasteiger partial charge in [0.2, 0.25) is 0 Å². The van der Waals surface area contributed by atoms with Gasteiger partial charge in [0.15, 0.2) is 11.5 Å². The smallest absolute Gasteiger partial charge is 0.161 e. The summed E-state index contributed by atoms with van der Waals surface area (Å²) in [6.07, 6.45) is 0.0220. The number of benzene rings is 1. The predicted molar refractivity (Wildman–Crippen MR) is 61.0 cm³/mol. The molecule has 1 N–H and O–H groups in total. The molecule has 17 heavy (non-hydrogen) atoms. The lowest BCUT2D eigenvalue weighted by Gasteiger charge is -2.12. The lowest BCUT2D eigenvalue weighted by atomic mass is 10.1. The molecule has 1 unspecified atom stereocenters. The normalized spacial score (nSPS) is 15.6. The number of fused-ring (bicyclic) bond motifs is 1. The Hall–Kier alpha value is -1.91. The minimum Gasteiger partial charge on any atom is -0.490 e. The standard InChI is InChI=1S/C11H13N3O3/c12-14-13-7-9(15)8-2-3-10-11(6-8)17-5-1-4-16-10/h2-3,6,9,15H,1,4-5,7H2. The monoisotopic (exact) mass is 235 g/mol. The van der Waals surface area contributed by atoms with Gasteiger partial charge in [-0.1, -0.05) is 11.2 Å². The molecule has 1 aromatic rings. The Morgan fingerprint density at radius 3 is 2.88 bits per heavy atom. The number of azide groups is 1. The fraction of sp³-hybridized carbons (Fsp3) is 0.455. The molecule has 0 bridgehead atoms. The summed E-state index contributed by atoms with van der Waals surface area (Å²) in [7, 11) is 0. The summed E-state index contributed by atoms with van der Waals surface area (Å²) in [5.74, 6) is 1.31. The molecule has 0 saturated heterocycles. The summed E-state index contributed by atoms with van der Waals surface area (Å²) in [5, 5.41) is 13.1. The maximum atomic E-state index is 9.76. The number of rotatable bonds is 3. The van der Waals surface area contributed by atoms with Gasteiger partial charge in [-0.25, -0.2) is 0 Å². The second-order valence-electron chi connectivity index (χ2n) is 3.69. The Kier molecular flexibility index (Phi) is 3.69. The maximum Gasteiger partial charge on any atom is 0.161 e. The molecule has 6 nitrogen and oxygen atoms in total. The second-order valence-corrected chi connectivity index (χ2v) is 3.69. The molecular weight excluding hydrogens is 222 g/mol. The zero-order valence-corrected chi connectivity index (χ0v) is 9.24. The summed E-state index contributed by atoms with van der Waals surface area (Å²) >= 11 is 0. The van der Waals surface area contributed by atoms with Crippen LogP contribution in [0.4, 0.5) is 0 Å². The lowest BCUT2D eigenvalue weighted by Crippen LogP contribution is -2.02. The van der Waals surface area contributed by atoms with Crippen molar-refractivity contribution in [3.63, 3.8) is 0 Å². The number of nitrogens with zero attached hydrogens (tertiary/aromatic N) is 3. The van der Waals surface area contributed by atoms with Crippen LogP contribution < -0.4 is 9.47 Å². The van der Waals surface area contributed by atoms with Crippen LogP contribution in [-0.4, -0.2) is 24.9 Å². The first-order valence-electron chi connectivity index (χ1n) is 5.39. The Balaban J connectivity index is 2.19. The van der Waals surface area contributed by atoms with E-state index in [1.807, 2.05) is 0 Å². The van der Waals surface area contributed by atoms with Gasteiger partial charge in [-0.3, -0.25) is 0 Å². The minimum atomic E-state index is -0.817. The molecule has 0 fully saturated rings. The van der Waals surface area contributed by atoms with E-state index in [1.165, 1.54) is 0 Å². The molecular formula is C11H13N3O3. The molecule has 1 aliphatic heterocycles. The van der Waals surface area contributed by atoms with E-state index in [9.17, 15) is 5.11 Å². The van der Waals surface area contributed by atoms with Crippen molar-refractivity contribution in [2.45, 2.75) is 12.5 Å². The Morgan fingerprint density at radius 1 is 1.35 bits per heavy atom. The minimum absolute atomic E-state index is 0.0101. The van der Waals surface area contributed by atoms with Gasteiger partial charge in [0, 0.05) is 11.3 Å². The van der Waals surface area contributed by atoms with Crippen LogP contribution in [0.3, 0.4) is 0 Å². The van der Waals surface area contributed by atoms with Crippen LogP contribution in [0.15, 0.2) is 23.3 Å². The number of aliphatic hydroxyl groups is 1. The fourth-order valence-corrected chi connectivity index (χ4v) is 1.61.